The minimum absolute atomic E-state index is 0.117. The van der Waals surface area contributed by atoms with Gasteiger partial charge in [-0.3, -0.25) is 4.79 Å². The number of H-pyrrole nitrogens is 1. The van der Waals surface area contributed by atoms with Crippen molar-refractivity contribution in [3.63, 3.8) is 0 Å². The van der Waals surface area contributed by atoms with Gasteiger partial charge < -0.3 is 20.2 Å². The molecule has 1 rings (SSSR count). The standard InChI is InChI=1S/C5H8N4O3S/c10-2-7-4-1-6-5(9-4)8-3-13(11)12/h1-2H,3H2,(H,7,10)(H,11,12)(H2,6,8,9). The van der Waals surface area contributed by atoms with Gasteiger partial charge in [0.2, 0.25) is 12.4 Å². The summed E-state index contributed by atoms with van der Waals surface area (Å²) in [7, 11) is 0. The Morgan fingerprint density at radius 2 is 2.54 bits per heavy atom. The van der Waals surface area contributed by atoms with E-state index in [0.717, 1.165) is 0 Å². The minimum Gasteiger partial charge on any atom is -0.342 e. The van der Waals surface area contributed by atoms with E-state index in [1.54, 1.807) is 0 Å². The maximum atomic E-state index is 10.2. The van der Waals surface area contributed by atoms with Crippen molar-refractivity contribution in [2.75, 3.05) is 16.5 Å². The molecule has 1 unspecified atom stereocenters. The predicted molar refractivity (Wildman–Crippen MR) is 47.5 cm³/mol. The Morgan fingerprint density at radius 3 is 3.15 bits per heavy atom. The number of hydrogen-bond donors (Lipinski definition) is 4. The third kappa shape index (κ3) is 3.22. The fraction of sp³-hybridized carbons (Fsp3) is 0.200. The van der Waals surface area contributed by atoms with Crippen LogP contribution in [0, 0.1) is 0 Å². The molecular weight excluding hydrogens is 196 g/mol. The Labute approximate surface area is 76.2 Å². The zero-order chi connectivity index (χ0) is 9.68. The predicted octanol–water partition coefficient (Wildman–Crippen LogP) is -0.431. The van der Waals surface area contributed by atoms with Gasteiger partial charge in [-0.1, -0.05) is 0 Å². The van der Waals surface area contributed by atoms with Crippen LogP contribution < -0.4 is 10.6 Å². The van der Waals surface area contributed by atoms with Gasteiger partial charge in [0.15, 0.2) is 11.1 Å². The highest BCUT2D eigenvalue weighted by molar-refractivity contribution is 7.79. The van der Waals surface area contributed by atoms with E-state index in [1.165, 1.54) is 6.20 Å². The second-order valence-corrected chi connectivity index (χ2v) is 2.98. The maximum Gasteiger partial charge on any atom is 0.212 e. The molecule has 0 bridgehead atoms. The van der Waals surface area contributed by atoms with E-state index in [0.29, 0.717) is 18.2 Å². The lowest BCUT2D eigenvalue weighted by atomic mass is 10.8. The summed E-state index contributed by atoms with van der Waals surface area (Å²) >= 11 is -1.92. The summed E-state index contributed by atoms with van der Waals surface area (Å²) < 4.78 is 18.7. The summed E-state index contributed by atoms with van der Waals surface area (Å²) in [4.78, 5) is 16.4. The van der Waals surface area contributed by atoms with Crippen LogP contribution in [-0.4, -0.2) is 31.0 Å². The normalized spacial score (nSPS) is 12.1. The van der Waals surface area contributed by atoms with Crippen LogP contribution in [0.3, 0.4) is 0 Å². The van der Waals surface area contributed by atoms with Gasteiger partial charge in [0.25, 0.3) is 0 Å². The number of nitrogens with zero attached hydrogens (tertiary/aromatic N) is 1. The van der Waals surface area contributed by atoms with Crippen molar-refractivity contribution in [3.05, 3.63) is 6.20 Å². The van der Waals surface area contributed by atoms with Crippen LogP contribution in [0.5, 0.6) is 0 Å². The number of nitrogens with one attached hydrogen (secondary N) is 3. The average Bonchev–Trinajstić information content (AvgIpc) is 2.50. The van der Waals surface area contributed by atoms with Crippen molar-refractivity contribution in [2.24, 2.45) is 0 Å². The van der Waals surface area contributed by atoms with Gasteiger partial charge in [-0.25, -0.2) is 9.19 Å². The highest BCUT2D eigenvalue weighted by Crippen LogP contribution is 2.05. The first-order chi connectivity index (χ1) is 6.22. The number of aromatic amines is 1. The van der Waals surface area contributed by atoms with Gasteiger partial charge in [0.1, 0.15) is 11.7 Å². The van der Waals surface area contributed by atoms with Crippen molar-refractivity contribution in [3.8, 4) is 0 Å². The van der Waals surface area contributed by atoms with Crippen molar-refractivity contribution in [2.45, 2.75) is 0 Å². The Hall–Kier alpha value is -1.41. The van der Waals surface area contributed by atoms with Crippen molar-refractivity contribution < 1.29 is 13.6 Å². The van der Waals surface area contributed by atoms with Crippen LogP contribution in [0.2, 0.25) is 0 Å². The van der Waals surface area contributed by atoms with Gasteiger partial charge in [0, 0.05) is 0 Å². The number of hydrogen-bond acceptors (Lipinski definition) is 4. The molecule has 0 saturated carbocycles. The van der Waals surface area contributed by atoms with Crippen LogP contribution in [0.4, 0.5) is 11.8 Å². The number of imidazole rings is 1. The molecule has 0 aromatic carbocycles. The molecule has 13 heavy (non-hydrogen) atoms. The van der Waals surface area contributed by atoms with Gasteiger partial charge >= 0.3 is 0 Å². The lowest BCUT2D eigenvalue weighted by Gasteiger charge is -1.97. The SMILES string of the molecule is O=CNc1cnc(NCS(=O)O)[nH]1. The molecule has 0 fully saturated rings. The van der Waals surface area contributed by atoms with E-state index >= 15 is 0 Å². The summed E-state index contributed by atoms with van der Waals surface area (Å²) in [6, 6.07) is 0. The van der Waals surface area contributed by atoms with E-state index < -0.39 is 11.1 Å². The summed E-state index contributed by atoms with van der Waals surface area (Å²) in [5.41, 5.74) is 0. The highest BCUT2D eigenvalue weighted by Gasteiger charge is 1.99. The number of rotatable bonds is 5. The van der Waals surface area contributed by atoms with E-state index in [4.69, 9.17) is 4.55 Å². The first kappa shape index (κ1) is 9.68. The zero-order valence-electron chi connectivity index (χ0n) is 6.48. The first-order valence-corrected chi connectivity index (χ1v) is 4.56. The molecule has 1 atom stereocenters. The summed E-state index contributed by atoms with van der Waals surface area (Å²) in [5.74, 6) is 0.626. The smallest absolute Gasteiger partial charge is 0.212 e. The van der Waals surface area contributed by atoms with Crippen LogP contribution in [-0.2, 0) is 15.9 Å². The molecule has 1 heterocycles. The Balaban J connectivity index is 2.48. The van der Waals surface area contributed by atoms with Gasteiger partial charge in [-0.15, -0.1) is 0 Å². The molecular formula is C5H8N4O3S. The summed E-state index contributed by atoms with van der Waals surface area (Å²) in [6.07, 6.45) is 1.89. The molecule has 7 nitrogen and oxygen atoms in total. The average molecular weight is 204 g/mol. The fourth-order valence-electron chi connectivity index (χ4n) is 0.678. The molecule has 1 aromatic rings. The molecule has 1 aromatic heterocycles. The molecule has 8 heteroatoms. The van der Waals surface area contributed by atoms with Crippen LogP contribution in [0.25, 0.3) is 0 Å². The highest BCUT2D eigenvalue weighted by atomic mass is 32.2. The largest absolute Gasteiger partial charge is 0.342 e. The molecule has 0 saturated heterocycles. The topological polar surface area (TPSA) is 107 Å². The molecule has 0 radical (unpaired) electrons. The zero-order valence-corrected chi connectivity index (χ0v) is 7.30. The molecule has 0 spiro atoms. The molecule has 0 aliphatic heterocycles. The van der Waals surface area contributed by atoms with Gasteiger partial charge in [0.05, 0.1) is 6.20 Å². The number of amides is 1. The Kier molecular flexibility index (Phi) is 3.41. The Bertz CT molecular complexity index is 312. The molecule has 0 aliphatic carbocycles. The van der Waals surface area contributed by atoms with Crippen molar-refractivity contribution in [1.82, 2.24) is 9.97 Å². The monoisotopic (exact) mass is 204 g/mol. The van der Waals surface area contributed by atoms with Crippen LogP contribution in [0.15, 0.2) is 6.20 Å². The molecule has 0 aliphatic rings. The summed E-state index contributed by atoms with van der Waals surface area (Å²) in [6.45, 7) is 0. The van der Waals surface area contributed by atoms with E-state index in [2.05, 4.69) is 20.6 Å². The second kappa shape index (κ2) is 4.58. The fourth-order valence-corrected chi connectivity index (χ4v) is 0.938. The lowest BCUT2D eigenvalue weighted by Crippen LogP contribution is -2.08. The second-order valence-electron chi connectivity index (χ2n) is 2.05. The molecule has 1 amide bonds. The molecule has 4 N–H and O–H groups in total. The number of carbonyl (C=O) groups excluding carboxylic acids is 1. The van der Waals surface area contributed by atoms with Gasteiger partial charge in [-0.2, -0.15) is 0 Å². The lowest BCUT2D eigenvalue weighted by molar-refractivity contribution is -0.105. The van der Waals surface area contributed by atoms with Crippen LogP contribution in [0.1, 0.15) is 0 Å². The van der Waals surface area contributed by atoms with E-state index in [-0.39, 0.29) is 5.88 Å². The van der Waals surface area contributed by atoms with E-state index in [9.17, 15) is 9.00 Å². The van der Waals surface area contributed by atoms with Crippen molar-refractivity contribution >= 4 is 29.3 Å². The number of aromatic nitrogens is 2. The third-order valence-corrected chi connectivity index (χ3v) is 1.54. The Morgan fingerprint density at radius 1 is 1.77 bits per heavy atom. The van der Waals surface area contributed by atoms with Crippen molar-refractivity contribution in [1.29, 1.82) is 0 Å². The minimum atomic E-state index is -1.92. The van der Waals surface area contributed by atoms with E-state index in [1.807, 2.05) is 0 Å². The third-order valence-electron chi connectivity index (χ3n) is 1.15. The summed E-state index contributed by atoms with van der Waals surface area (Å²) in [5, 5.41) is 4.89. The number of anilines is 2. The first-order valence-electron chi connectivity index (χ1n) is 3.29. The molecule has 72 valence electrons. The number of carbonyl (C=O) groups is 1. The van der Waals surface area contributed by atoms with Gasteiger partial charge in [-0.05, 0) is 0 Å². The van der Waals surface area contributed by atoms with Crippen LogP contribution >= 0.6 is 0 Å². The quantitative estimate of drug-likeness (QED) is 0.384. The maximum absolute atomic E-state index is 10.2.